The molecule has 4 fully saturated rings. The third-order valence-corrected chi connectivity index (χ3v) is 10.3. The topological polar surface area (TPSA) is 91.0 Å². The number of nitrogens with zero attached hydrogens (tertiary/aromatic N) is 2. The third-order valence-electron chi connectivity index (χ3n) is 10.1. The van der Waals surface area contributed by atoms with Crippen molar-refractivity contribution < 1.29 is 19.1 Å². The molecule has 222 valence electrons. The van der Waals surface area contributed by atoms with E-state index in [0.717, 1.165) is 51.6 Å². The van der Waals surface area contributed by atoms with Crippen LogP contribution in [0.25, 0.3) is 0 Å². The first-order valence-electron chi connectivity index (χ1n) is 15.7. The number of likely N-dealkylation sites (tertiary alicyclic amines) is 2. The molecule has 6 atom stereocenters. The number of anilines is 1. The summed E-state index contributed by atoms with van der Waals surface area (Å²) in [4.78, 5) is 46.1. The molecule has 6 rings (SSSR count). The first-order valence-corrected chi connectivity index (χ1v) is 16.1. The van der Waals surface area contributed by atoms with Gasteiger partial charge in [0, 0.05) is 35.9 Å². The molecule has 3 amide bonds. The van der Waals surface area contributed by atoms with Gasteiger partial charge in [0.05, 0.1) is 17.9 Å². The molecule has 4 heterocycles. The second-order valence-corrected chi connectivity index (χ2v) is 13.0. The van der Waals surface area contributed by atoms with Crippen LogP contribution in [0, 0.1) is 11.8 Å². The van der Waals surface area contributed by atoms with Crippen molar-refractivity contribution >= 4 is 35.0 Å². The Morgan fingerprint density at radius 2 is 1.78 bits per heavy atom. The molecule has 9 heteroatoms. The molecule has 1 aromatic carbocycles. The van der Waals surface area contributed by atoms with E-state index < -0.39 is 29.6 Å². The molecule has 0 radical (unpaired) electrons. The molecule has 5 aliphatic rings. The highest BCUT2D eigenvalue weighted by Crippen LogP contribution is 2.55. The third kappa shape index (κ3) is 5.43. The van der Waals surface area contributed by atoms with Crippen LogP contribution in [0.2, 0.25) is 5.02 Å². The van der Waals surface area contributed by atoms with Gasteiger partial charge in [0.15, 0.2) is 0 Å². The van der Waals surface area contributed by atoms with Gasteiger partial charge >= 0.3 is 0 Å². The number of carbonyl (C=O) groups is 3. The summed E-state index contributed by atoms with van der Waals surface area (Å²) in [5.41, 5.74) is -0.513. The number of fused-ring (bicyclic) bond motifs is 1. The van der Waals surface area contributed by atoms with Gasteiger partial charge in [-0.15, -0.1) is 0 Å². The van der Waals surface area contributed by atoms with Crippen molar-refractivity contribution in [2.24, 2.45) is 11.8 Å². The maximum Gasteiger partial charge on any atom is 0.246 e. The molecule has 3 saturated heterocycles. The number of halogens is 1. The molecule has 4 aliphatic heterocycles. The van der Waals surface area contributed by atoms with Crippen molar-refractivity contribution in [3.8, 4) is 0 Å². The van der Waals surface area contributed by atoms with E-state index in [0.29, 0.717) is 23.3 Å². The largest absolute Gasteiger partial charge is 0.359 e. The lowest BCUT2D eigenvalue weighted by Crippen LogP contribution is -2.56. The Kier molecular flexibility index (Phi) is 8.44. The van der Waals surface area contributed by atoms with Gasteiger partial charge in [0.25, 0.3) is 0 Å². The van der Waals surface area contributed by atoms with Crippen LogP contribution in [0.1, 0.15) is 71.1 Å². The molecule has 0 unspecified atom stereocenters. The number of piperidine rings is 1. The van der Waals surface area contributed by atoms with Crippen molar-refractivity contribution in [1.82, 2.24) is 15.1 Å². The van der Waals surface area contributed by atoms with Crippen LogP contribution >= 0.6 is 11.6 Å². The van der Waals surface area contributed by atoms with Gasteiger partial charge in [0.1, 0.15) is 11.6 Å². The van der Waals surface area contributed by atoms with Crippen LogP contribution in [0.3, 0.4) is 0 Å². The van der Waals surface area contributed by atoms with Crippen molar-refractivity contribution in [3.63, 3.8) is 0 Å². The second kappa shape index (κ2) is 12.1. The summed E-state index contributed by atoms with van der Waals surface area (Å²) in [5, 5.41) is 6.81. The lowest BCUT2D eigenvalue weighted by atomic mass is 9.74. The zero-order valence-electron chi connectivity index (χ0n) is 24.0. The van der Waals surface area contributed by atoms with Gasteiger partial charge in [-0.3, -0.25) is 14.4 Å². The van der Waals surface area contributed by atoms with E-state index in [1.807, 2.05) is 12.2 Å². The standard InChI is InChI=1S/C32H43ClN4O4/c1-2-24-11-6-7-18-36(24)19-8-20-37-28(30(39)35-22-9-4-3-5-10-22)32-17-16-25(41-32)26(27(32)31(37)40)29(38)34-23-14-12-21(33)13-15-23/h12-17,22,24-28H,2-11,18-20H2,1H3,(H,34,38)(H,35,39)/t24-,25+,26-,27+,28+,32+/m1/s1. The monoisotopic (exact) mass is 582 g/mol. The number of rotatable bonds is 9. The Morgan fingerprint density at radius 1 is 1.02 bits per heavy atom. The molecular formula is C32H43ClN4O4. The maximum atomic E-state index is 14.2. The van der Waals surface area contributed by atoms with Crippen LogP contribution in [-0.4, -0.2) is 77.0 Å². The number of ether oxygens (including phenoxy) is 1. The average molecular weight is 583 g/mol. The van der Waals surface area contributed by atoms with E-state index in [-0.39, 0.29) is 23.8 Å². The van der Waals surface area contributed by atoms with E-state index in [1.165, 1.54) is 25.7 Å². The Morgan fingerprint density at radius 3 is 2.54 bits per heavy atom. The van der Waals surface area contributed by atoms with Crippen molar-refractivity contribution in [2.75, 3.05) is 25.0 Å². The number of amides is 3. The van der Waals surface area contributed by atoms with E-state index in [1.54, 1.807) is 29.2 Å². The Labute approximate surface area is 248 Å². The van der Waals surface area contributed by atoms with Gasteiger partial charge in [0.2, 0.25) is 17.7 Å². The SMILES string of the molecule is CC[C@@H]1CCCCN1CCCN1C(=O)[C@@H]2[C@H](C(=O)Nc3ccc(Cl)cc3)[C@@H]3C=C[C@@]2(O3)[C@@H]1C(=O)NC1CCCCC1. The number of hydrogen-bond donors (Lipinski definition) is 2. The molecule has 2 bridgehead atoms. The number of benzene rings is 1. The zero-order valence-corrected chi connectivity index (χ0v) is 24.8. The summed E-state index contributed by atoms with van der Waals surface area (Å²) in [7, 11) is 0. The van der Waals surface area contributed by atoms with Crippen LogP contribution in [0.15, 0.2) is 36.4 Å². The first-order chi connectivity index (χ1) is 19.9. The summed E-state index contributed by atoms with van der Waals surface area (Å²) >= 11 is 6.02. The normalized spacial score (nSPS) is 33.3. The summed E-state index contributed by atoms with van der Waals surface area (Å²) in [6.45, 7) is 4.70. The maximum absolute atomic E-state index is 14.2. The fourth-order valence-electron chi connectivity index (χ4n) is 8.05. The van der Waals surface area contributed by atoms with Gasteiger partial charge < -0.3 is 25.2 Å². The van der Waals surface area contributed by atoms with E-state index in [2.05, 4.69) is 22.5 Å². The van der Waals surface area contributed by atoms with Crippen LogP contribution in [-0.2, 0) is 19.1 Å². The Hall–Kier alpha value is -2.42. The van der Waals surface area contributed by atoms with Gasteiger partial charge in [-0.2, -0.15) is 0 Å². The summed E-state index contributed by atoms with van der Waals surface area (Å²) in [6, 6.07) is 6.85. The van der Waals surface area contributed by atoms with Crippen molar-refractivity contribution in [1.29, 1.82) is 0 Å². The molecule has 1 spiro atoms. The fraction of sp³-hybridized carbons (Fsp3) is 0.656. The predicted octanol–water partition coefficient (Wildman–Crippen LogP) is 4.53. The van der Waals surface area contributed by atoms with Crippen molar-refractivity contribution in [2.45, 2.75) is 101 Å². The molecule has 1 aliphatic carbocycles. The Balaban J connectivity index is 1.23. The Bertz CT molecular complexity index is 1170. The fourth-order valence-corrected chi connectivity index (χ4v) is 8.18. The van der Waals surface area contributed by atoms with Crippen molar-refractivity contribution in [3.05, 3.63) is 41.4 Å². The average Bonchev–Trinajstić information content (AvgIpc) is 3.62. The minimum absolute atomic E-state index is 0.119. The summed E-state index contributed by atoms with van der Waals surface area (Å²) in [6.07, 6.45) is 14.2. The van der Waals surface area contributed by atoms with E-state index in [9.17, 15) is 14.4 Å². The van der Waals surface area contributed by atoms with Gasteiger partial charge in [-0.05, 0) is 69.3 Å². The molecule has 1 saturated carbocycles. The minimum atomic E-state index is -1.13. The quantitative estimate of drug-likeness (QED) is 0.418. The predicted molar refractivity (Wildman–Crippen MR) is 158 cm³/mol. The number of carbonyl (C=O) groups excluding carboxylic acids is 3. The van der Waals surface area contributed by atoms with Crippen LogP contribution in [0.5, 0.6) is 0 Å². The van der Waals surface area contributed by atoms with Crippen LogP contribution < -0.4 is 10.6 Å². The number of hydrogen-bond acceptors (Lipinski definition) is 5. The molecule has 0 aromatic heterocycles. The smallest absolute Gasteiger partial charge is 0.246 e. The number of nitrogens with one attached hydrogen (secondary N) is 2. The highest BCUT2D eigenvalue weighted by molar-refractivity contribution is 6.30. The highest BCUT2D eigenvalue weighted by atomic mass is 35.5. The zero-order chi connectivity index (χ0) is 28.6. The molecule has 2 N–H and O–H groups in total. The summed E-state index contributed by atoms with van der Waals surface area (Å²) in [5.74, 6) is -2.01. The lowest BCUT2D eigenvalue weighted by Gasteiger charge is -2.36. The van der Waals surface area contributed by atoms with Gasteiger partial charge in [-0.25, -0.2) is 0 Å². The highest BCUT2D eigenvalue weighted by Gasteiger charge is 2.72. The van der Waals surface area contributed by atoms with E-state index >= 15 is 0 Å². The van der Waals surface area contributed by atoms with Crippen LogP contribution in [0.4, 0.5) is 5.69 Å². The molecular weight excluding hydrogens is 540 g/mol. The van der Waals surface area contributed by atoms with Gasteiger partial charge in [-0.1, -0.05) is 56.4 Å². The first kappa shape index (κ1) is 28.7. The summed E-state index contributed by atoms with van der Waals surface area (Å²) < 4.78 is 6.50. The molecule has 1 aromatic rings. The van der Waals surface area contributed by atoms with E-state index in [4.69, 9.17) is 16.3 Å². The lowest BCUT2D eigenvalue weighted by molar-refractivity contribution is -0.141. The second-order valence-electron chi connectivity index (χ2n) is 12.5. The minimum Gasteiger partial charge on any atom is -0.359 e. The molecule has 41 heavy (non-hydrogen) atoms. The molecule has 8 nitrogen and oxygen atoms in total.